The molecule has 0 bridgehead atoms. The third kappa shape index (κ3) is 6.46. The van der Waals surface area contributed by atoms with Crippen molar-refractivity contribution in [1.82, 2.24) is 5.32 Å². The van der Waals surface area contributed by atoms with Crippen LogP contribution in [0, 0.1) is 5.82 Å². The second kappa shape index (κ2) is 9.78. The van der Waals surface area contributed by atoms with Gasteiger partial charge in [-0.25, -0.2) is 4.39 Å². The van der Waals surface area contributed by atoms with Gasteiger partial charge in [0.05, 0.1) is 7.11 Å². The maximum Gasteiger partial charge on any atom is 0.243 e. The predicted octanol–water partition coefficient (Wildman–Crippen LogP) is 4.15. The fourth-order valence-electron chi connectivity index (χ4n) is 1.98. The molecule has 126 valence electrons. The van der Waals surface area contributed by atoms with Crippen LogP contribution in [0.5, 0.6) is 5.75 Å². The molecule has 24 heavy (non-hydrogen) atoms. The summed E-state index contributed by atoms with van der Waals surface area (Å²) in [5, 5.41) is 2.85. The quantitative estimate of drug-likeness (QED) is 0.444. The van der Waals surface area contributed by atoms with Crippen molar-refractivity contribution in [2.45, 2.75) is 11.3 Å². The number of rotatable bonds is 8. The number of halogens is 1. The summed E-state index contributed by atoms with van der Waals surface area (Å²) < 4.78 is 17.9. The van der Waals surface area contributed by atoms with Crippen molar-refractivity contribution >= 4 is 23.7 Å². The van der Waals surface area contributed by atoms with E-state index in [1.54, 1.807) is 37.1 Å². The highest BCUT2D eigenvalue weighted by molar-refractivity contribution is 7.99. The molecule has 0 aliphatic heterocycles. The lowest BCUT2D eigenvalue weighted by atomic mass is 10.2. The Bertz CT molecular complexity index is 686. The van der Waals surface area contributed by atoms with Crippen molar-refractivity contribution < 1.29 is 13.9 Å². The molecule has 2 rings (SSSR count). The first-order chi connectivity index (χ1) is 11.7. The highest BCUT2D eigenvalue weighted by atomic mass is 32.2. The predicted molar refractivity (Wildman–Crippen MR) is 96.8 cm³/mol. The molecular formula is C19H20FNO2S. The molecule has 0 aliphatic rings. The average molecular weight is 345 g/mol. The minimum atomic E-state index is -0.227. The van der Waals surface area contributed by atoms with Crippen molar-refractivity contribution in [3.05, 3.63) is 66.0 Å². The number of methoxy groups -OCH3 is 1. The Morgan fingerprint density at radius 2 is 2.04 bits per heavy atom. The van der Waals surface area contributed by atoms with Crippen LogP contribution in [-0.4, -0.2) is 25.3 Å². The van der Waals surface area contributed by atoms with Crippen LogP contribution in [0.1, 0.15) is 12.0 Å². The Balaban J connectivity index is 1.65. The van der Waals surface area contributed by atoms with Crippen molar-refractivity contribution in [2.24, 2.45) is 0 Å². The summed E-state index contributed by atoms with van der Waals surface area (Å²) in [5.74, 6) is 1.28. The Morgan fingerprint density at radius 3 is 2.79 bits per heavy atom. The molecule has 0 atom stereocenters. The van der Waals surface area contributed by atoms with E-state index in [0.29, 0.717) is 6.54 Å². The van der Waals surface area contributed by atoms with Gasteiger partial charge in [-0.05, 0) is 60.2 Å². The summed E-state index contributed by atoms with van der Waals surface area (Å²) in [6.45, 7) is 0.607. The maximum absolute atomic E-state index is 12.8. The summed E-state index contributed by atoms with van der Waals surface area (Å²) in [5.41, 5.74) is 0.913. The van der Waals surface area contributed by atoms with Crippen molar-refractivity contribution in [3.63, 3.8) is 0 Å². The Hall–Kier alpha value is -2.27. The molecule has 0 aliphatic carbocycles. The molecule has 5 heteroatoms. The number of benzene rings is 2. The first-order valence-corrected chi connectivity index (χ1v) is 8.64. The van der Waals surface area contributed by atoms with Gasteiger partial charge in [0.2, 0.25) is 5.91 Å². The van der Waals surface area contributed by atoms with E-state index < -0.39 is 0 Å². The van der Waals surface area contributed by atoms with Crippen LogP contribution in [-0.2, 0) is 4.79 Å². The third-order valence-corrected chi connectivity index (χ3v) is 4.32. The lowest BCUT2D eigenvalue weighted by molar-refractivity contribution is -0.116. The van der Waals surface area contributed by atoms with Crippen LogP contribution in [0.3, 0.4) is 0 Å². The number of thioether (sulfide) groups is 1. The van der Waals surface area contributed by atoms with Crippen molar-refractivity contribution in [1.29, 1.82) is 0 Å². The fraction of sp³-hybridized carbons (Fsp3) is 0.211. The van der Waals surface area contributed by atoms with Gasteiger partial charge in [0, 0.05) is 17.5 Å². The first-order valence-electron chi connectivity index (χ1n) is 7.66. The van der Waals surface area contributed by atoms with E-state index in [4.69, 9.17) is 4.74 Å². The molecule has 1 N–H and O–H groups in total. The van der Waals surface area contributed by atoms with Crippen LogP contribution in [0.15, 0.2) is 59.5 Å². The average Bonchev–Trinajstić information content (AvgIpc) is 2.61. The largest absolute Gasteiger partial charge is 0.497 e. The normalized spacial score (nSPS) is 10.8. The lowest BCUT2D eigenvalue weighted by Crippen LogP contribution is -2.22. The monoisotopic (exact) mass is 345 g/mol. The molecule has 0 aromatic heterocycles. The Morgan fingerprint density at radius 1 is 1.25 bits per heavy atom. The summed E-state index contributed by atoms with van der Waals surface area (Å²) in [4.78, 5) is 12.8. The second-order valence-electron chi connectivity index (χ2n) is 5.06. The van der Waals surface area contributed by atoms with E-state index in [1.807, 2.05) is 24.3 Å². The first kappa shape index (κ1) is 18.1. The molecule has 3 nitrogen and oxygen atoms in total. The van der Waals surface area contributed by atoms with E-state index in [9.17, 15) is 9.18 Å². The van der Waals surface area contributed by atoms with Crippen LogP contribution >= 0.6 is 11.8 Å². The van der Waals surface area contributed by atoms with E-state index >= 15 is 0 Å². The Labute approximate surface area is 145 Å². The van der Waals surface area contributed by atoms with Gasteiger partial charge in [-0.3, -0.25) is 4.79 Å². The van der Waals surface area contributed by atoms with Gasteiger partial charge < -0.3 is 10.1 Å². The van der Waals surface area contributed by atoms with Crippen LogP contribution < -0.4 is 10.1 Å². The SMILES string of the molecule is COc1cccc(/C=C/C(=O)NCCCSc2ccc(F)cc2)c1. The number of carbonyl (C=O) groups excluding carboxylic acids is 1. The highest BCUT2D eigenvalue weighted by Crippen LogP contribution is 2.18. The van der Waals surface area contributed by atoms with Crippen LogP contribution in [0.2, 0.25) is 0 Å². The smallest absolute Gasteiger partial charge is 0.243 e. The van der Waals surface area contributed by atoms with E-state index in [-0.39, 0.29) is 11.7 Å². The van der Waals surface area contributed by atoms with Gasteiger partial charge in [0.15, 0.2) is 0 Å². The molecule has 0 radical (unpaired) electrons. The molecule has 0 saturated heterocycles. The van der Waals surface area contributed by atoms with Crippen LogP contribution in [0.4, 0.5) is 4.39 Å². The molecule has 1 amide bonds. The van der Waals surface area contributed by atoms with Crippen molar-refractivity contribution in [3.8, 4) is 5.75 Å². The highest BCUT2D eigenvalue weighted by Gasteiger charge is 1.98. The van der Waals surface area contributed by atoms with E-state index in [0.717, 1.165) is 28.4 Å². The third-order valence-electron chi connectivity index (χ3n) is 3.22. The fourth-order valence-corrected chi connectivity index (χ4v) is 2.83. The van der Waals surface area contributed by atoms with E-state index in [1.165, 1.54) is 18.2 Å². The topological polar surface area (TPSA) is 38.3 Å². The minimum absolute atomic E-state index is 0.121. The lowest BCUT2D eigenvalue weighted by Gasteiger charge is -2.03. The molecule has 0 unspecified atom stereocenters. The Kier molecular flexibility index (Phi) is 7.36. The minimum Gasteiger partial charge on any atom is -0.497 e. The number of carbonyl (C=O) groups is 1. The molecular weight excluding hydrogens is 325 g/mol. The molecule has 0 saturated carbocycles. The summed E-state index contributed by atoms with van der Waals surface area (Å²) >= 11 is 1.65. The van der Waals surface area contributed by atoms with Gasteiger partial charge in [-0.1, -0.05) is 12.1 Å². The summed E-state index contributed by atoms with van der Waals surface area (Å²) in [7, 11) is 1.61. The molecule has 0 fully saturated rings. The molecule has 2 aromatic rings. The van der Waals surface area contributed by atoms with Crippen LogP contribution in [0.25, 0.3) is 6.08 Å². The number of amides is 1. The molecule has 0 heterocycles. The molecule has 2 aromatic carbocycles. The second-order valence-corrected chi connectivity index (χ2v) is 6.23. The molecule has 0 spiro atoms. The van der Waals surface area contributed by atoms with Gasteiger partial charge in [-0.15, -0.1) is 11.8 Å². The maximum atomic E-state index is 12.8. The summed E-state index contributed by atoms with van der Waals surface area (Å²) in [6.07, 6.45) is 4.12. The number of ether oxygens (including phenoxy) is 1. The van der Waals surface area contributed by atoms with Gasteiger partial charge in [0.1, 0.15) is 11.6 Å². The zero-order chi connectivity index (χ0) is 17.2. The number of nitrogens with one attached hydrogen (secondary N) is 1. The zero-order valence-corrected chi connectivity index (χ0v) is 14.3. The number of hydrogen-bond donors (Lipinski definition) is 1. The van der Waals surface area contributed by atoms with Gasteiger partial charge >= 0.3 is 0 Å². The van der Waals surface area contributed by atoms with Gasteiger partial charge in [0.25, 0.3) is 0 Å². The van der Waals surface area contributed by atoms with Crippen molar-refractivity contribution in [2.75, 3.05) is 19.4 Å². The zero-order valence-electron chi connectivity index (χ0n) is 13.5. The standard InChI is InChI=1S/C19H20FNO2S/c1-23-17-5-2-4-15(14-17)6-11-19(22)21-12-3-13-24-18-9-7-16(20)8-10-18/h2,4-11,14H,3,12-13H2,1H3,(H,21,22)/b11-6+. The van der Waals surface area contributed by atoms with E-state index in [2.05, 4.69) is 5.32 Å². The number of hydrogen-bond acceptors (Lipinski definition) is 3. The summed E-state index contributed by atoms with van der Waals surface area (Å²) in [6, 6.07) is 13.9. The van der Waals surface area contributed by atoms with Gasteiger partial charge in [-0.2, -0.15) is 0 Å².